The third kappa shape index (κ3) is 6.01. The molecular formula is C29H34N4O3. The average Bonchev–Trinajstić information content (AvgIpc) is 3.44. The Morgan fingerprint density at radius 1 is 0.861 bits per heavy atom. The van der Waals surface area contributed by atoms with E-state index in [1.807, 2.05) is 42.5 Å². The van der Waals surface area contributed by atoms with Crippen molar-refractivity contribution in [3.05, 3.63) is 60.4 Å². The first kappa shape index (κ1) is 24.2. The number of para-hydroxylation sites is 1. The van der Waals surface area contributed by atoms with Crippen LogP contribution in [0.1, 0.15) is 61.7 Å². The van der Waals surface area contributed by atoms with Crippen LogP contribution in [0.4, 0.5) is 4.79 Å². The van der Waals surface area contributed by atoms with E-state index >= 15 is 0 Å². The fourth-order valence-corrected chi connectivity index (χ4v) is 5.43. The number of nitrogens with zero attached hydrogens (tertiary/aromatic N) is 2. The quantitative estimate of drug-likeness (QED) is 0.460. The zero-order valence-corrected chi connectivity index (χ0v) is 20.6. The Balaban J connectivity index is 1.13. The normalized spacial score (nSPS) is 20.2. The van der Waals surface area contributed by atoms with E-state index in [0.717, 1.165) is 73.5 Å². The second-order valence-electron chi connectivity index (χ2n) is 10.1. The zero-order valence-electron chi connectivity index (χ0n) is 20.6. The Bertz CT molecular complexity index is 1190. The Morgan fingerprint density at radius 2 is 1.53 bits per heavy atom. The Kier molecular flexibility index (Phi) is 7.74. The van der Waals surface area contributed by atoms with Crippen LogP contribution in [0, 0.1) is 11.8 Å². The summed E-state index contributed by atoms with van der Waals surface area (Å²) in [6.07, 6.45) is 11.8. The van der Waals surface area contributed by atoms with Gasteiger partial charge in [-0.3, -0.25) is 9.78 Å². The smallest absolute Gasteiger partial charge is 0.407 e. The molecule has 0 aliphatic heterocycles. The molecule has 0 spiro atoms. The van der Waals surface area contributed by atoms with E-state index in [1.165, 1.54) is 0 Å². The molecule has 2 heterocycles. The van der Waals surface area contributed by atoms with Gasteiger partial charge in [0.2, 0.25) is 0 Å². The lowest BCUT2D eigenvalue weighted by Gasteiger charge is -2.28. The highest BCUT2D eigenvalue weighted by molar-refractivity contribution is 6.07. The van der Waals surface area contributed by atoms with Gasteiger partial charge in [-0.15, -0.1) is 0 Å². The highest BCUT2D eigenvalue weighted by atomic mass is 16.6. The molecule has 3 aromatic rings. The molecule has 2 aliphatic carbocycles. The van der Waals surface area contributed by atoms with Gasteiger partial charge in [-0.25, -0.2) is 9.78 Å². The van der Waals surface area contributed by atoms with Crippen molar-refractivity contribution in [2.24, 2.45) is 11.8 Å². The van der Waals surface area contributed by atoms with Crippen molar-refractivity contribution in [3.63, 3.8) is 0 Å². The fourth-order valence-electron chi connectivity index (χ4n) is 5.43. The molecule has 7 nitrogen and oxygen atoms in total. The number of fused-ring (bicyclic) bond motifs is 1. The molecule has 2 aromatic heterocycles. The van der Waals surface area contributed by atoms with Crippen LogP contribution >= 0.6 is 0 Å². The lowest BCUT2D eigenvalue weighted by Crippen LogP contribution is -2.35. The Hall–Kier alpha value is -3.48. The number of nitrogens with one attached hydrogen (secondary N) is 2. The standard InChI is InChI=1S/C29H34N4O3/c34-28(25-17-27(22-13-15-30-16-14-22)33-26-8-4-3-7-24(25)26)31-18-20-9-11-21(12-10-20)19-32-29(35)36-23-5-1-2-6-23/h3-4,7-8,13-17,20-21,23H,1-2,5-6,9-12,18-19H2,(H,31,34)(H,32,35). The van der Waals surface area contributed by atoms with Gasteiger partial charge in [0.25, 0.3) is 5.91 Å². The summed E-state index contributed by atoms with van der Waals surface area (Å²) in [6.45, 7) is 1.33. The van der Waals surface area contributed by atoms with Crippen LogP contribution < -0.4 is 10.6 Å². The predicted molar refractivity (Wildman–Crippen MR) is 139 cm³/mol. The first-order valence-electron chi connectivity index (χ1n) is 13.2. The van der Waals surface area contributed by atoms with E-state index in [1.54, 1.807) is 12.4 Å². The van der Waals surface area contributed by atoms with Gasteiger partial charge in [-0.05, 0) is 87.5 Å². The maximum absolute atomic E-state index is 13.3. The number of amides is 2. The second kappa shape index (κ2) is 11.5. The van der Waals surface area contributed by atoms with Crippen molar-refractivity contribution in [2.75, 3.05) is 13.1 Å². The van der Waals surface area contributed by atoms with Crippen molar-refractivity contribution in [3.8, 4) is 11.3 Å². The molecule has 2 N–H and O–H groups in total. The molecule has 2 aliphatic rings. The summed E-state index contributed by atoms with van der Waals surface area (Å²) in [5, 5.41) is 6.99. The number of rotatable bonds is 7. The molecule has 0 radical (unpaired) electrons. The van der Waals surface area contributed by atoms with Gasteiger partial charge in [0.15, 0.2) is 0 Å². The molecule has 0 bridgehead atoms. The summed E-state index contributed by atoms with van der Waals surface area (Å²) in [5.74, 6) is 0.853. The van der Waals surface area contributed by atoms with Gasteiger partial charge >= 0.3 is 6.09 Å². The molecular weight excluding hydrogens is 452 g/mol. The number of hydrogen-bond donors (Lipinski definition) is 2. The first-order chi connectivity index (χ1) is 17.7. The molecule has 5 rings (SSSR count). The minimum atomic E-state index is -0.271. The molecule has 2 fully saturated rings. The summed E-state index contributed by atoms with van der Waals surface area (Å²) in [4.78, 5) is 34.1. The Morgan fingerprint density at radius 3 is 2.25 bits per heavy atom. The largest absolute Gasteiger partial charge is 0.446 e. The van der Waals surface area contributed by atoms with E-state index in [-0.39, 0.29) is 18.1 Å². The third-order valence-corrected chi connectivity index (χ3v) is 7.57. The van der Waals surface area contributed by atoms with E-state index in [9.17, 15) is 9.59 Å². The van der Waals surface area contributed by atoms with Crippen LogP contribution in [0.15, 0.2) is 54.9 Å². The second-order valence-corrected chi connectivity index (χ2v) is 10.1. The monoisotopic (exact) mass is 486 g/mol. The number of benzene rings is 1. The lowest BCUT2D eigenvalue weighted by atomic mass is 9.82. The maximum atomic E-state index is 13.3. The molecule has 0 atom stereocenters. The zero-order chi connectivity index (χ0) is 24.7. The summed E-state index contributed by atoms with van der Waals surface area (Å²) in [7, 11) is 0. The van der Waals surface area contributed by atoms with Crippen LogP contribution in [0.2, 0.25) is 0 Å². The van der Waals surface area contributed by atoms with E-state index in [4.69, 9.17) is 9.72 Å². The first-order valence-corrected chi connectivity index (χ1v) is 13.2. The van der Waals surface area contributed by atoms with Crippen LogP contribution in [-0.4, -0.2) is 41.2 Å². The highest BCUT2D eigenvalue weighted by Crippen LogP contribution is 2.29. The highest BCUT2D eigenvalue weighted by Gasteiger charge is 2.24. The summed E-state index contributed by atoms with van der Waals surface area (Å²) in [5.41, 5.74) is 3.15. The van der Waals surface area contributed by atoms with Crippen molar-refractivity contribution < 1.29 is 14.3 Å². The van der Waals surface area contributed by atoms with Crippen LogP contribution in [-0.2, 0) is 4.74 Å². The van der Waals surface area contributed by atoms with E-state index < -0.39 is 0 Å². The predicted octanol–water partition coefficient (Wildman–Crippen LogP) is 5.50. The third-order valence-electron chi connectivity index (χ3n) is 7.57. The number of carbonyl (C=O) groups is 2. The van der Waals surface area contributed by atoms with Crippen LogP contribution in [0.25, 0.3) is 22.2 Å². The van der Waals surface area contributed by atoms with E-state index in [0.29, 0.717) is 30.5 Å². The number of carbonyl (C=O) groups excluding carboxylic acids is 2. The molecule has 36 heavy (non-hydrogen) atoms. The van der Waals surface area contributed by atoms with Gasteiger partial charge in [0.1, 0.15) is 6.10 Å². The van der Waals surface area contributed by atoms with Crippen LogP contribution in [0.3, 0.4) is 0 Å². The number of pyridine rings is 2. The summed E-state index contributed by atoms with van der Waals surface area (Å²) in [6, 6.07) is 13.4. The van der Waals surface area contributed by atoms with Crippen LogP contribution in [0.5, 0.6) is 0 Å². The molecule has 2 saturated carbocycles. The molecule has 2 amide bonds. The van der Waals surface area contributed by atoms with Crippen molar-refractivity contribution in [1.82, 2.24) is 20.6 Å². The minimum absolute atomic E-state index is 0.0673. The molecule has 0 saturated heterocycles. The van der Waals surface area contributed by atoms with Crippen molar-refractivity contribution >= 4 is 22.9 Å². The summed E-state index contributed by atoms with van der Waals surface area (Å²) < 4.78 is 5.49. The number of aromatic nitrogens is 2. The molecule has 188 valence electrons. The van der Waals surface area contributed by atoms with Gasteiger partial charge in [0.05, 0.1) is 16.8 Å². The lowest BCUT2D eigenvalue weighted by molar-refractivity contribution is 0.0933. The number of hydrogen-bond acceptors (Lipinski definition) is 5. The fraction of sp³-hybridized carbons (Fsp3) is 0.448. The maximum Gasteiger partial charge on any atom is 0.407 e. The van der Waals surface area contributed by atoms with E-state index in [2.05, 4.69) is 15.6 Å². The topological polar surface area (TPSA) is 93.2 Å². The average molecular weight is 487 g/mol. The van der Waals surface area contributed by atoms with Gasteiger partial charge in [-0.2, -0.15) is 0 Å². The minimum Gasteiger partial charge on any atom is -0.446 e. The number of ether oxygens (including phenoxy) is 1. The number of alkyl carbamates (subject to hydrolysis) is 1. The van der Waals surface area contributed by atoms with Gasteiger partial charge in [-0.1, -0.05) is 18.2 Å². The molecule has 1 aromatic carbocycles. The SMILES string of the molecule is O=C(NCC1CCC(CNC(=O)c2cc(-c3ccncc3)nc3ccccc23)CC1)OC1CCCC1. The van der Waals surface area contributed by atoms with Gasteiger partial charge < -0.3 is 15.4 Å². The van der Waals surface area contributed by atoms with Gasteiger partial charge in [0, 0.05) is 36.4 Å². The Labute approximate surface area is 212 Å². The van der Waals surface area contributed by atoms with Crippen molar-refractivity contribution in [1.29, 1.82) is 0 Å². The van der Waals surface area contributed by atoms with Crippen molar-refractivity contribution in [2.45, 2.75) is 57.5 Å². The molecule has 0 unspecified atom stereocenters. The summed E-state index contributed by atoms with van der Waals surface area (Å²) >= 11 is 0. The molecule has 7 heteroatoms.